The van der Waals surface area contributed by atoms with Gasteiger partial charge in [0.1, 0.15) is 10.6 Å². The first-order chi connectivity index (χ1) is 10.8. The van der Waals surface area contributed by atoms with E-state index in [0.29, 0.717) is 29.9 Å². The Bertz CT molecular complexity index is 562. The molecule has 1 saturated heterocycles. The van der Waals surface area contributed by atoms with Crippen LogP contribution in [-0.2, 0) is 4.74 Å². The lowest BCUT2D eigenvalue weighted by atomic mass is 10.1. The van der Waals surface area contributed by atoms with Gasteiger partial charge in [-0.2, -0.15) is 4.98 Å². The van der Waals surface area contributed by atoms with Crippen molar-refractivity contribution in [2.75, 3.05) is 25.5 Å². The lowest BCUT2D eigenvalue weighted by Crippen LogP contribution is -2.47. The third-order valence-corrected chi connectivity index (χ3v) is 3.57. The van der Waals surface area contributed by atoms with E-state index in [2.05, 4.69) is 15.3 Å². The monoisotopic (exact) mass is 342 g/mol. The van der Waals surface area contributed by atoms with E-state index in [-0.39, 0.29) is 12.1 Å². The number of carbonyl (C=O) groups excluding carboxylic acids is 1. The molecule has 0 spiro atoms. The van der Waals surface area contributed by atoms with E-state index in [0.717, 1.165) is 12.8 Å². The van der Waals surface area contributed by atoms with Crippen LogP contribution in [0.2, 0.25) is 5.02 Å². The number of piperidine rings is 1. The summed E-state index contributed by atoms with van der Waals surface area (Å²) in [6, 6.07) is 0.0575. The Hall–Kier alpha value is -1.76. The number of nitrogens with one attached hydrogen (secondary N) is 1. The SMILES string of the molecule is COc1nc(NC2CCCN(C(=O)OC(C)(C)C)C2)ncc1Cl. The van der Waals surface area contributed by atoms with E-state index in [4.69, 9.17) is 21.1 Å². The van der Waals surface area contributed by atoms with Crippen molar-refractivity contribution in [2.24, 2.45) is 0 Å². The number of likely N-dealkylation sites (tertiary alicyclic amines) is 1. The summed E-state index contributed by atoms with van der Waals surface area (Å²) >= 11 is 5.92. The highest BCUT2D eigenvalue weighted by Gasteiger charge is 2.28. The quantitative estimate of drug-likeness (QED) is 0.910. The van der Waals surface area contributed by atoms with E-state index in [9.17, 15) is 4.79 Å². The predicted octanol–water partition coefficient (Wildman–Crippen LogP) is 2.95. The van der Waals surface area contributed by atoms with Crippen LogP contribution in [0.25, 0.3) is 0 Å². The van der Waals surface area contributed by atoms with Crippen molar-refractivity contribution in [1.29, 1.82) is 0 Å². The Balaban J connectivity index is 1.97. The molecule has 1 aromatic rings. The first-order valence-corrected chi connectivity index (χ1v) is 7.97. The Morgan fingerprint density at radius 3 is 2.87 bits per heavy atom. The molecule has 1 fully saturated rings. The maximum atomic E-state index is 12.2. The Morgan fingerprint density at radius 2 is 2.22 bits per heavy atom. The van der Waals surface area contributed by atoms with Crippen molar-refractivity contribution in [1.82, 2.24) is 14.9 Å². The first kappa shape index (κ1) is 17.6. The van der Waals surface area contributed by atoms with Crippen LogP contribution in [0.5, 0.6) is 5.88 Å². The average molecular weight is 343 g/mol. The van der Waals surface area contributed by atoms with Crippen LogP contribution < -0.4 is 10.1 Å². The molecule has 1 aliphatic rings. The second-order valence-electron chi connectivity index (χ2n) is 6.46. The van der Waals surface area contributed by atoms with Crippen molar-refractivity contribution in [3.05, 3.63) is 11.2 Å². The Labute approximate surface area is 141 Å². The van der Waals surface area contributed by atoms with Gasteiger partial charge in [0.15, 0.2) is 0 Å². The van der Waals surface area contributed by atoms with E-state index >= 15 is 0 Å². The van der Waals surface area contributed by atoms with Crippen LogP contribution in [0, 0.1) is 0 Å². The summed E-state index contributed by atoms with van der Waals surface area (Å²) in [6.45, 7) is 6.82. The number of ether oxygens (including phenoxy) is 2. The maximum absolute atomic E-state index is 12.2. The van der Waals surface area contributed by atoms with Gasteiger partial charge in [0.25, 0.3) is 0 Å². The Morgan fingerprint density at radius 1 is 1.48 bits per heavy atom. The highest BCUT2D eigenvalue weighted by atomic mass is 35.5. The van der Waals surface area contributed by atoms with Gasteiger partial charge in [-0.1, -0.05) is 11.6 Å². The lowest BCUT2D eigenvalue weighted by molar-refractivity contribution is 0.0206. The fourth-order valence-corrected chi connectivity index (χ4v) is 2.50. The molecule has 1 unspecified atom stereocenters. The van der Waals surface area contributed by atoms with Crippen molar-refractivity contribution >= 4 is 23.6 Å². The summed E-state index contributed by atoms with van der Waals surface area (Å²) in [6.07, 6.45) is 3.01. The second kappa shape index (κ2) is 7.21. The number of carbonyl (C=O) groups is 1. The number of amides is 1. The standard InChI is InChI=1S/C15H23ClN4O3/c1-15(2,3)23-14(21)20-7-5-6-10(9-20)18-13-17-8-11(16)12(19-13)22-4/h8,10H,5-7,9H2,1-4H3,(H,17,18,19). The van der Waals surface area contributed by atoms with E-state index < -0.39 is 5.60 Å². The molecule has 7 nitrogen and oxygen atoms in total. The molecule has 0 aromatic carbocycles. The molecule has 1 amide bonds. The van der Waals surface area contributed by atoms with Crippen molar-refractivity contribution in [3.8, 4) is 5.88 Å². The molecule has 1 N–H and O–H groups in total. The van der Waals surface area contributed by atoms with Gasteiger partial charge in [-0.15, -0.1) is 0 Å². The van der Waals surface area contributed by atoms with Crippen LogP contribution in [0.15, 0.2) is 6.20 Å². The van der Waals surface area contributed by atoms with Gasteiger partial charge in [-0.3, -0.25) is 0 Å². The van der Waals surface area contributed by atoms with Gasteiger partial charge >= 0.3 is 6.09 Å². The summed E-state index contributed by atoms with van der Waals surface area (Å²) < 4.78 is 10.5. The number of halogens is 1. The second-order valence-corrected chi connectivity index (χ2v) is 6.87. The molecule has 0 radical (unpaired) electrons. The maximum Gasteiger partial charge on any atom is 0.410 e. The van der Waals surface area contributed by atoms with Gasteiger partial charge in [-0.05, 0) is 33.6 Å². The number of methoxy groups -OCH3 is 1. The number of hydrogen-bond donors (Lipinski definition) is 1. The highest BCUT2D eigenvalue weighted by molar-refractivity contribution is 6.31. The van der Waals surface area contributed by atoms with Gasteiger partial charge in [-0.25, -0.2) is 9.78 Å². The molecular formula is C15H23ClN4O3. The minimum Gasteiger partial charge on any atom is -0.480 e. The third kappa shape index (κ3) is 5.13. The largest absolute Gasteiger partial charge is 0.480 e. The van der Waals surface area contributed by atoms with Crippen LogP contribution in [-0.4, -0.2) is 52.8 Å². The summed E-state index contributed by atoms with van der Waals surface area (Å²) in [5.74, 6) is 0.756. The smallest absolute Gasteiger partial charge is 0.410 e. The zero-order valence-corrected chi connectivity index (χ0v) is 14.7. The minimum atomic E-state index is -0.496. The highest BCUT2D eigenvalue weighted by Crippen LogP contribution is 2.23. The number of aromatic nitrogens is 2. The predicted molar refractivity (Wildman–Crippen MR) is 88.0 cm³/mol. The van der Waals surface area contributed by atoms with Gasteiger partial charge in [0, 0.05) is 19.1 Å². The number of nitrogens with zero attached hydrogens (tertiary/aromatic N) is 3. The number of rotatable bonds is 3. The zero-order chi connectivity index (χ0) is 17.0. The molecule has 0 saturated carbocycles. The molecule has 2 heterocycles. The van der Waals surface area contributed by atoms with Gasteiger partial charge in [0.05, 0.1) is 13.3 Å². The van der Waals surface area contributed by atoms with Crippen molar-refractivity contribution in [3.63, 3.8) is 0 Å². The normalized spacial score (nSPS) is 18.5. The summed E-state index contributed by atoms with van der Waals surface area (Å²) in [5.41, 5.74) is -0.496. The molecule has 1 aromatic heterocycles. The summed E-state index contributed by atoms with van der Waals surface area (Å²) in [5, 5.41) is 3.58. The van der Waals surface area contributed by atoms with Gasteiger partial charge in [0.2, 0.25) is 11.8 Å². The van der Waals surface area contributed by atoms with Crippen LogP contribution in [0.3, 0.4) is 0 Å². The Kier molecular flexibility index (Phi) is 5.51. The van der Waals surface area contributed by atoms with Crippen molar-refractivity contribution < 1.29 is 14.3 Å². The van der Waals surface area contributed by atoms with Crippen molar-refractivity contribution in [2.45, 2.75) is 45.3 Å². The molecule has 2 rings (SSSR count). The van der Waals surface area contributed by atoms with E-state index in [1.165, 1.54) is 13.3 Å². The van der Waals surface area contributed by atoms with E-state index in [1.54, 1.807) is 4.90 Å². The molecule has 128 valence electrons. The van der Waals surface area contributed by atoms with Gasteiger partial charge < -0.3 is 19.7 Å². The number of hydrogen-bond acceptors (Lipinski definition) is 6. The third-order valence-electron chi connectivity index (χ3n) is 3.31. The fraction of sp³-hybridized carbons (Fsp3) is 0.667. The van der Waals surface area contributed by atoms with Crippen LogP contribution >= 0.6 is 11.6 Å². The topological polar surface area (TPSA) is 76.6 Å². The molecular weight excluding hydrogens is 320 g/mol. The molecule has 1 aliphatic heterocycles. The molecule has 8 heteroatoms. The molecule has 0 bridgehead atoms. The molecule has 1 atom stereocenters. The van der Waals surface area contributed by atoms with Crippen LogP contribution in [0.4, 0.5) is 10.7 Å². The zero-order valence-electron chi connectivity index (χ0n) is 13.9. The first-order valence-electron chi connectivity index (χ1n) is 7.59. The van der Waals surface area contributed by atoms with E-state index in [1.807, 2.05) is 20.8 Å². The lowest BCUT2D eigenvalue weighted by Gasteiger charge is -2.34. The van der Waals surface area contributed by atoms with Crippen LogP contribution in [0.1, 0.15) is 33.6 Å². The summed E-state index contributed by atoms with van der Waals surface area (Å²) in [4.78, 5) is 22.2. The molecule has 23 heavy (non-hydrogen) atoms. The number of anilines is 1. The minimum absolute atomic E-state index is 0.0575. The average Bonchev–Trinajstić information content (AvgIpc) is 2.48. The molecule has 0 aliphatic carbocycles. The fourth-order valence-electron chi connectivity index (χ4n) is 2.33. The summed E-state index contributed by atoms with van der Waals surface area (Å²) in [7, 11) is 1.50.